The van der Waals surface area contributed by atoms with Gasteiger partial charge in [-0.1, -0.05) is 0 Å². The van der Waals surface area contributed by atoms with E-state index < -0.39 is 0 Å². The highest BCUT2D eigenvalue weighted by Crippen LogP contribution is 2.39. The Morgan fingerprint density at radius 2 is 2.27 bits per heavy atom. The van der Waals surface area contributed by atoms with Crippen LogP contribution in [-0.2, 0) is 6.54 Å². The van der Waals surface area contributed by atoms with Crippen LogP contribution in [0.5, 0.6) is 0 Å². The molecule has 3 heterocycles. The second-order valence-electron chi connectivity index (χ2n) is 5.38. The first-order chi connectivity index (χ1) is 10.8. The number of fused-ring (bicyclic) bond motifs is 1. The van der Waals surface area contributed by atoms with Crippen LogP contribution in [0.4, 0.5) is 0 Å². The third-order valence-electron chi connectivity index (χ3n) is 3.66. The standard InChI is InChI=1S/C14H15N7O/c22-14(16-5-6-20-9-15-8-17-20)11-3-4-13-18-12(10-1-2-10)7-21(13)19-11/h3-4,7-10H,1-2,5-6H2,(H,16,22). The van der Waals surface area contributed by atoms with E-state index in [0.29, 0.717) is 24.7 Å². The Morgan fingerprint density at radius 1 is 1.36 bits per heavy atom. The van der Waals surface area contributed by atoms with Crippen molar-refractivity contribution in [2.45, 2.75) is 25.3 Å². The number of amides is 1. The molecule has 0 bridgehead atoms. The van der Waals surface area contributed by atoms with Crippen LogP contribution in [0.3, 0.4) is 0 Å². The van der Waals surface area contributed by atoms with Crippen molar-refractivity contribution in [2.75, 3.05) is 6.54 Å². The smallest absolute Gasteiger partial charge is 0.271 e. The van der Waals surface area contributed by atoms with Crippen molar-refractivity contribution >= 4 is 11.6 Å². The molecule has 1 N–H and O–H groups in total. The van der Waals surface area contributed by atoms with Gasteiger partial charge in [0.25, 0.3) is 5.91 Å². The van der Waals surface area contributed by atoms with Crippen LogP contribution in [-0.4, -0.2) is 41.8 Å². The van der Waals surface area contributed by atoms with E-state index in [0.717, 1.165) is 11.3 Å². The van der Waals surface area contributed by atoms with Crippen LogP contribution in [0.15, 0.2) is 31.0 Å². The Hall–Kier alpha value is -2.77. The normalized spacial score (nSPS) is 14.4. The fraction of sp³-hybridized carbons (Fsp3) is 0.357. The minimum Gasteiger partial charge on any atom is -0.349 e. The third-order valence-corrected chi connectivity index (χ3v) is 3.66. The minimum atomic E-state index is -0.205. The number of hydrogen-bond acceptors (Lipinski definition) is 5. The molecule has 112 valence electrons. The first-order valence-corrected chi connectivity index (χ1v) is 7.26. The molecule has 1 saturated carbocycles. The second-order valence-corrected chi connectivity index (χ2v) is 5.38. The first kappa shape index (κ1) is 12.9. The maximum atomic E-state index is 12.1. The number of imidazole rings is 1. The average molecular weight is 297 g/mol. The van der Waals surface area contributed by atoms with Crippen molar-refractivity contribution in [3.05, 3.63) is 42.4 Å². The lowest BCUT2D eigenvalue weighted by Crippen LogP contribution is -2.28. The first-order valence-electron chi connectivity index (χ1n) is 7.26. The molecule has 1 amide bonds. The summed E-state index contributed by atoms with van der Waals surface area (Å²) in [5, 5.41) is 11.1. The van der Waals surface area contributed by atoms with Gasteiger partial charge >= 0.3 is 0 Å². The summed E-state index contributed by atoms with van der Waals surface area (Å²) < 4.78 is 3.34. The van der Waals surface area contributed by atoms with Gasteiger partial charge in [0.1, 0.15) is 18.3 Å². The van der Waals surface area contributed by atoms with Gasteiger partial charge in [0.15, 0.2) is 5.65 Å². The lowest BCUT2D eigenvalue weighted by molar-refractivity contribution is 0.0945. The Balaban J connectivity index is 1.44. The van der Waals surface area contributed by atoms with Crippen molar-refractivity contribution in [1.82, 2.24) is 34.7 Å². The summed E-state index contributed by atoms with van der Waals surface area (Å²) in [5.74, 6) is 0.366. The molecule has 0 aliphatic heterocycles. The lowest BCUT2D eigenvalue weighted by atomic mass is 10.3. The van der Waals surface area contributed by atoms with Gasteiger partial charge in [0.2, 0.25) is 0 Å². The number of carbonyl (C=O) groups excluding carboxylic acids is 1. The second kappa shape index (κ2) is 5.21. The molecule has 8 nitrogen and oxygen atoms in total. The molecule has 0 saturated heterocycles. The highest BCUT2D eigenvalue weighted by atomic mass is 16.1. The number of hydrogen-bond donors (Lipinski definition) is 1. The summed E-state index contributed by atoms with van der Waals surface area (Å²) in [6.45, 7) is 1.05. The predicted molar refractivity (Wildman–Crippen MR) is 77.3 cm³/mol. The van der Waals surface area contributed by atoms with Crippen molar-refractivity contribution in [2.24, 2.45) is 0 Å². The highest BCUT2D eigenvalue weighted by molar-refractivity contribution is 5.92. The van der Waals surface area contributed by atoms with E-state index in [2.05, 4.69) is 25.5 Å². The lowest BCUT2D eigenvalue weighted by Gasteiger charge is -2.04. The van der Waals surface area contributed by atoms with Gasteiger partial charge in [-0.2, -0.15) is 10.2 Å². The van der Waals surface area contributed by atoms with Gasteiger partial charge < -0.3 is 5.32 Å². The van der Waals surface area contributed by atoms with Crippen LogP contribution < -0.4 is 5.32 Å². The molecule has 1 aliphatic rings. The van der Waals surface area contributed by atoms with Gasteiger partial charge in [-0.25, -0.2) is 14.5 Å². The topological polar surface area (TPSA) is 90.0 Å². The Bertz CT molecular complexity index is 804. The van der Waals surface area contributed by atoms with Crippen molar-refractivity contribution < 1.29 is 4.79 Å². The summed E-state index contributed by atoms with van der Waals surface area (Å²) in [6, 6.07) is 3.52. The van der Waals surface area contributed by atoms with Crippen LogP contribution in [0.2, 0.25) is 0 Å². The molecule has 1 fully saturated rings. The largest absolute Gasteiger partial charge is 0.349 e. The van der Waals surface area contributed by atoms with Crippen LogP contribution in [0.1, 0.15) is 34.9 Å². The number of nitrogens with zero attached hydrogens (tertiary/aromatic N) is 6. The summed E-state index contributed by atoms with van der Waals surface area (Å²) in [6.07, 6.45) is 7.38. The van der Waals surface area contributed by atoms with Crippen molar-refractivity contribution in [3.63, 3.8) is 0 Å². The molecule has 3 aromatic rings. The summed E-state index contributed by atoms with van der Waals surface area (Å²) in [4.78, 5) is 20.5. The molecule has 1 aliphatic carbocycles. The van der Waals surface area contributed by atoms with Crippen molar-refractivity contribution in [1.29, 1.82) is 0 Å². The fourth-order valence-corrected chi connectivity index (χ4v) is 2.32. The molecule has 8 heteroatoms. The molecule has 4 rings (SSSR count). The van der Waals surface area contributed by atoms with E-state index in [1.165, 1.54) is 19.2 Å². The zero-order chi connectivity index (χ0) is 14.9. The SMILES string of the molecule is O=C(NCCn1cncn1)c1ccc2nc(C3CC3)cn2n1. The Morgan fingerprint density at radius 3 is 3.05 bits per heavy atom. The molecule has 22 heavy (non-hydrogen) atoms. The molecule has 0 radical (unpaired) electrons. The quantitative estimate of drug-likeness (QED) is 0.746. The molecule has 0 spiro atoms. The molecule has 0 aromatic carbocycles. The Kier molecular flexibility index (Phi) is 3.06. The van der Waals surface area contributed by atoms with E-state index >= 15 is 0 Å². The minimum absolute atomic E-state index is 0.205. The Labute approximate surface area is 126 Å². The van der Waals surface area contributed by atoms with E-state index in [1.807, 2.05) is 12.3 Å². The average Bonchev–Trinajstić information content (AvgIpc) is 3.09. The number of carbonyl (C=O) groups is 1. The number of nitrogens with one attached hydrogen (secondary N) is 1. The number of rotatable bonds is 5. The summed E-state index contributed by atoms with van der Waals surface area (Å²) in [5.41, 5.74) is 2.23. The van der Waals surface area contributed by atoms with Gasteiger partial charge in [-0.3, -0.25) is 9.48 Å². The maximum Gasteiger partial charge on any atom is 0.271 e. The molecule has 0 atom stereocenters. The maximum absolute atomic E-state index is 12.1. The van der Waals surface area contributed by atoms with Crippen LogP contribution >= 0.6 is 0 Å². The van der Waals surface area contributed by atoms with Gasteiger partial charge in [0.05, 0.1) is 18.4 Å². The van der Waals surface area contributed by atoms with E-state index in [-0.39, 0.29) is 5.91 Å². The van der Waals surface area contributed by atoms with E-state index in [4.69, 9.17) is 0 Å². The molecular formula is C14H15N7O. The van der Waals surface area contributed by atoms with Crippen molar-refractivity contribution in [3.8, 4) is 0 Å². The van der Waals surface area contributed by atoms with Gasteiger partial charge in [0, 0.05) is 12.5 Å². The van der Waals surface area contributed by atoms with E-state index in [9.17, 15) is 4.79 Å². The predicted octanol–water partition coefficient (Wildman–Crippen LogP) is 0.628. The van der Waals surface area contributed by atoms with Gasteiger partial charge in [-0.15, -0.1) is 0 Å². The highest BCUT2D eigenvalue weighted by Gasteiger charge is 2.26. The molecular weight excluding hydrogens is 282 g/mol. The summed E-state index contributed by atoms with van der Waals surface area (Å²) >= 11 is 0. The van der Waals surface area contributed by atoms with Crippen LogP contribution in [0.25, 0.3) is 5.65 Å². The zero-order valence-corrected chi connectivity index (χ0v) is 11.9. The van der Waals surface area contributed by atoms with E-state index in [1.54, 1.807) is 21.6 Å². The third kappa shape index (κ3) is 2.54. The summed E-state index contributed by atoms with van der Waals surface area (Å²) in [7, 11) is 0. The molecule has 0 unspecified atom stereocenters. The number of aromatic nitrogens is 6. The monoisotopic (exact) mass is 297 g/mol. The zero-order valence-electron chi connectivity index (χ0n) is 11.9. The molecule has 3 aromatic heterocycles. The van der Waals surface area contributed by atoms with Gasteiger partial charge in [-0.05, 0) is 25.0 Å². The van der Waals surface area contributed by atoms with Crippen LogP contribution in [0, 0.1) is 0 Å². The fourth-order valence-electron chi connectivity index (χ4n) is 2.32.